The van der Waals surface area contributed by atoms with Gasteiger partial charge in [-0.2, -0.15) is 0 Å². The van der Waals surface area contributed by atoms with Crippen molar-refractivity contribution >= 4 is 0 Å². The van der Waals surface area contributed by atoms with Gasteiger partial charge in [0.25, 0.3) is 0 Å². The zero-order chi connectivity index (χ0) is 8.16. The highest BCUT2D eigenvalue weighted by molar-refractivity contribution is 4.92. The maximum Gasteiger partial charge on any atom is 0.125 e. The zero-order valence-corrected chi connectivity index (χ0v) is 7.14. The van der Waals surface area contributed by atoms with Gasteiger partial charge in [0.1, 0.15) is 12.2 Å². The molecule has 1 rings (SSSR count). The van der Waals surface area contributed by atoms with Gasteiger partial charge in [0, 0.05) is 0 Å². The SMILES string of the molecule is C=COCC1(CCCC)CO1. The normalized spacial score (nSPS) is 28.1. The summed E-state index contributed by atoms with van der Waals surface area (Å²) < 4.78 is 10.4. The highest BCUT2D eigenvalue weighted by Crippen LogP contribution is 2.32. The second-order valence-electron chi connectivity index (χ2n) is 3.05. The summed E-state index contributed by atoms with van der Waals surface area (Å²) in [4.78, 5) is 0. The minimum absolute atomic E-state index is 0.0597. The molecule has 0 amide bonds. The summed E-state index contributed by atoms with van der Waals surface area (Å²) in [6.45, 7) is 7.22. The van der Waals surface area contributed by atoms with Gasteiger partial charge in [0.2, 0.25) is 0 Å². The topological polar surface area (TPSA) is 21.8 Å². The number of hydrogen-bond acceptors (Lipinski definition) is 2. The highest BCUT2D eigenvalue weighted by Gasteiger charge is 2.44. The minimum Gasteiger partial charge on any atom is -0.499 e. The lowest BCUT2D eigenvalue weighted by atomic mass is 10.0. The highest BCUT2D eigenvalue weighted by atomic mass is 16.6. The zero-order valence-electron chi connectivity index (χ0n) is 7.14. The van der Waals surface area contributed by atoms with Gasteiger partial charge in [-0.15, -0.1) is 0 Å². The van der Waals surface area contributed by atoms with Crippen LogP contribution in [0.25, 0.3) is 0 Å². The molecule has 0 bridgehead atoms. The van der Waals surface area contributed by atoms with E-state index in [4.69, 9.17) is 9.47 Å². The van der Waals surface area contributed by atoms with E-state index in [1.165, 1.54) is 19.1 Å². The van der Waals surface area contributed by atoms with Crippen molar-refractivity contribution in [3.8, 4) is 0 Å². The Labute approximate surface area is 68.2 Å². The summed E-state index contributed by atoms with van der Waals surface area (Å²) >= 11 is 0. The molecular weight excluding hydrogens is 140 g/mol. The van der Waals surface area contributed by atoms with E-state index in [0.717, 1.165) is 13.0 Å². The van der Waals surface area contributed by atoms with Crippen LogP contribution in [0.3, 0.4) is 0 Å². The largest absolute Gasteiger partial charge is 0.499 e. The van der Waals surface area contributed by atoms with Crippen LogP contribution in [0.2, 0.25) is 0 Å². The molecule has 1 aliphatic heterocycles. The van der Waals surface area contributed by atoms with Crippen LogP contribution in [0.4, 0.5) is 0 Å². The van der Waals surface area contributed by atoms with Crippen molar-refractivity contribution < 1.29 is 9.47 Å². The third-order valence-corrected chi connectivity index (χ3v) is 2.00. The standard InChI is InChI=1S/C9H16O2/c1-3-5-6-9(8-11-9)7-10-4-2/h4H,2-3,5-8H2,1H3. The van der Waals surface area contributed by atoms with Gasteiger partial charge in [-0.3, -0.25) is 0 Å². The van der Waals surface area contributed by atoms with E-state index in [1.807, 2.05) is 0 Å². The number of rotatable bonds is 6. The average Bonchev–Trinajstić information content (AvgIpc) is 2.79. The molecule has 0 aromatic carbocycles. The van der Waals surface area contributed by atoms with Crippen LogP contribution in [0.15, 0.2) is 12.8 Å². The molecule has 11 heavy (non-hydrogen) atoms. The van der Waals surface area contributed by atoms with E-state index in [9.17, 15) is 0 Å². The molecule has 1 atom stereocenters. The first-order valence-corrected chi connectivity index (χ1v) is 4.19. The van der Waals surface area contributed by atoms with Crippen molar-refractivity contribution in [2.75, 3.05) is 13.2 Å². The predicted octanol–water partition coefficient (Wildman–Crippen LogP) is 2.11. The van der Waals surface area contributed by atoms with Crippen molar-refractivity contribution in [3.05, 3.63) is 12.8 Å². The Bertz CT molecular complexity index is 128. The molecule has 1 fully saturated rings. The maximum absolute atomic E-state index is 5.33. The molecule has 1 unspecified atom stereocenters. The lowest BCUT2D eigenvalue weighted by Gasteiger charge is -2.09. The summed E-state index contributed by atoms with van der Waals surface area (Å²) in [5.74, 6) is 0. The van der Waals surface area contributed by atoms with Crippen LogP contribution in [0.5, 0.6) is 0 Å². The van der Waals surface area contributed by atoms with Crippen LogP contribution in [-0.4, -0.2) is 18.8 Å². The summed E-state index contributed by atoms with van der Waals surface area (Å²) in [5.41, 5.74) is 0.0597. The number of ether oxygens (including phenoxy) is 2. The van der Waals surface area contributed by atoms with Gasteiger partial charge in [-0.05, 0) is 6.42 Å². The fourth-order valence-electron chi connectivity index (χ4n) is 1.11. The Balaban J connectivity index is 2.12. The van der Waals surface area contributed by atoms with Crippen LogP contribution < -0.4 is 0 Å². The van der Waals surface area contributed by atoms with Crippen molar-refractivity contribution in [1.82, 2.24) is 0 Å². The smallest absolute Gasteiger partial charge is 0.125 e. The summed E-state index contributed by atoms with van der Waals surface area (Å²) in [6, 6.07) is 0. The second-order valence-corrected chi connectivity index (χ2v) is 3.05. The van der Waals surface area contributed by atoms with Crippen molar-refractivity contribution in [2.45, 2.75) is 31.8 Å². The molecule has 2 heteroatoms. The quantitative estimate of drug-likeness (QED) is 0.434. The molecule has 0 saturated carbocycles. The lowest BCUT2D eigenvalue weighted by molar-refractivity contribution is 0.144. The van der Waals surface area contributed by atoms with E-state index >= 15 is 0 Å². The molecule has 2 nitrogen and oxygen atoms in total. The Morgan fingerprint density at radius 1 is 1.73 bits per heavy atom. The third kappa shape index (κ3) is 2.54. The fraction of sp³-hybridized carbons (Fsp3) is 0.778. The van der Waals surface area contributed by atoms with Crippen molar-refractivity contribution in [2.24, 2.45) is 0 Å². The lowest BCUT2D eigenvalue weighted by Crippen LogP contribution is -2.17. The molecular formula is C9H16O2. The Morgan fingerprint density at radius 2 is 2.45 bits per heavy atom. The molecule has 0 spiro atoms. The molecule has 0 radical (unpaired) electrons. The van der Waals surface area contributed by atoms with Crippen LogP contribution in [0, 0.1) is 0 Å². The molecule has 0 aliphatic carbocycles. The van der Waals surface area contributed by atoms with Gasteiger partial charge in [-0.1, -0.05) is 26.3 Å². The number of unbranched alkanes of at least 4 members (excludes halogenated alkanes) is 1. The van der Waals surface area contributed by atoms with Gasteiger partial charge >= 0.3 is 0 Å². The fourth-order valence-corrected chi connectivity index (χ4v) is 1.11. The van der Waals surface area contributed by atoms with Crippen LogP contribution >= 0.6 is 0 Å². The van der Waals surface area contributed by atoms with Crippen LogP contribution in [0.1, 0.15) is 26.2 Å². The number of epoxide rings is 1. The van der Waals surface area contributed by atoms with Crippen molar-refractivity contribution in [1.29, 1.82) is 0 Å². The van der Waals surface area contributed by atoms with Crippen LogP contribution in [-0.2, 0) is 9.47 Å². The molecule has 0 aromatic heterocycles. The van der Waals surface area contributed by atoms with E-state index in [2.05, 4.69) is 13.5 Å². The molecule has 1 aliphatic rings. The molecule has 0 aromatic rings. The Kier molecular flexibility index (Phi) is 2.94. The van der Waals surface area contributed by atoms with Crippen molar-refractivity contribution in [3.63, 3.8) is 0 Å². The number of hydrogen-bond donors (Lipinski definition) is 0. The first-order valence-electron chi connectivity index (χ1n) is 4.19. The molecule has 0 N–H and O–H groups in total. The van der Waals surface area contributed by atoms with E-state index in [1.54, 1.807) is 0 Å². The maximum atomic E-state index is 5.33. The minimum atomic E-state index is 0.0597. The first kappa shape index (κ1) is 8.60. The van der Waals surface area contributed by atoms with Gasteiger partial charge < -0.3 is 9.47 Å². The summed E-state index contributed by atoms with van der Waals surface area (Å²) in [6.07, 6.45) is 5.05. The Hall–Kier alpha value is -0.500. The molecule has 1 heterocycles. The first-order chi connectivity index (χ1) is 5.33. The summed E-state index contributed by atoms with van der Waals surface area (Å²) in [7, 11) is 0. The molecule has 1 saturated heterocycles. The average molecular weight is 156 g/mol. The van der Waals surface area contributed by atoms with E-state index < -0.39 is 0 Å². The second kappa shape index (κ2) is 3.77. The van der Waals surface area contributed by atoms with E-state index in [-0.39, 0.29) is 5.60 Å². The van der Waals surface area contributed by atoms with Gasteiger partial charge in [-0.25, -0.2) is 0 Å². The monoisotopic (exact) mass is 156 g/mol. The summed E-state index contributed by atoms with van der Waals surface area (Å²) in [5, 5.41) is 0. The van der Waals surface area contributed by atoms with E-state index in [0.29, 0.717) is 6.61 Å². The predicted molar refractivity (Wildman–Crippen MR) is 44.4 cm³/mol. The Morgan fingerprint density at radius 3 is 2.91 bits per heavy atom. The van der Waals surface area contributed by atoms with Gasteiger partial charge in [0.15, 0.2) is 0 Å². The van der Waals surface area contributed by atoms with Gasteiger partial charge in [0.05, 0.1) is 12.9 Å². The molecule has 64 valence electrons. The third-order valence-electron chi connectivity index (χ3n) is 2.00.